The van der Waals surface area contributed by atoms with Gasteiger partial charge in [-0.3, -0.25) is 4.79 Å². The van der Waals surface area contributed by atoms with Crippen molar-refractivity contribution in [2.45, 2.75) is 25.2 Å². The van der Waals surface area contributed by atoms with E-state index in [-0.39, 0.29) is 12.5 Å². The molecule has 2 nitrogen and oxygen atoms in total. The van der Waals surface area contributed by atoms with Crippen LogP contribution in [-0.4, -0.2) is 5.91 Å². The van der Waals surface area contributed by atoms with Crippen molar-refractivity contribution in [3.8, 4) is 0 Å². The molecule has 0 aliphatic rings. The maximum Gasteiger partial charge on any atom is 0.416 e. The van der Waals surface area contributed by atoms with Gasteiger partial charge in [-0.2, -0.15) is 26.3 Å². The Labute approximate surface area is 139 Å². The predicted octanol–water partition coefficient (Wildman–Crippen LogP) is 5.30. The number of halogens is 6. The van der Waals surface area contributed by atoms with Crippen LogP contribution in [0.3, 0.4) is 0 Å². The van der Waals surface area contributed by atoms with Crippen molar-refractivity contribution in [3.63, 3.8) is 0 Å². The van der Waals surface area contributed by atoms with Crippen molar-refractivity contribution in [3.05, 3.63) is 65.2 Å². The van der Waals surface area contributed by atoms with Gasteiger partial charge in [-0.15, -0.1) is 0 Å². The molecular formula is C17H13F6NO. The standard InChI is InChI=1S/C17H13F6NO/c18-16(19,20)12-8-13(17(21,22)23)10-14(9-12)24-15(25)7-6-11-4-2-1-3-5-11/h1-5,8-10H,6-7H2,(H,24,25). The summed E-state index contributed by atoms with van der Waals surface area (Å²) in [5, 5.41) is 2.10. The van der Waals surface area contributed by atoms with Crippen molar-refractivity contribution in [1.82, 2.24) is 0 Å². The van der Waals surface area contributed by atoms with Crippen molar-refractivity contribution < 1.29 is 31.1 Å². The van der Waals surface area contributed by atoms with Gasteiger partial charge in [0.15, 0.2) is 0 Å². The molecule has 0 unspecified atom stereocenters. The van der Waals surface area contributed by atoms with Gasteiger partial charge in [0.05, 0.1) is 11.1 Å². The van der Waals surface area contributed by atoms with E-state index in [9.17, 15) is 31.1 Å². The number of alkyl halides is 6. The van der Waals surface area contributed by atoms with Crippen LogP contribution in [0.25, 0.3) is 0 Å². The second kappa shape index (κ2) is 7.16. The smallest absolute Gasteiger partial charge is 0.326 e. The molecule has 0 saturated carbocycles. The SMILES string of the molecule is O=C(CCc1ccccc1)Nc1cc(C(F)(F)F)cc(C(F)(F)F)c1. The fourth-order valence-electron chi connectivity index (χ4n) is 2.15. The zero-order valence-corrected chi connectivity index (χ0v) is 12.7. The molecule has 2 rings (SSSR count). The number of anilines is 1. The van der Waals surface area contributed by atoms with E-state index in [0.717, 1.165) is 5.56 Å². The second-order valence-electron chi connectivity index (χ2n) is 5.33. The highest BCUT2D eigenvalue weighted by Gasteiger charge is 2.37. The van der Waals surface area contributed by atoms with Gasteiger partial charge in [0, 0.05) is 12.1 Å². The minimum Gasteiger partial charge on any atom is -0.326 e. The molecule has 0 bridgehead atoms. The molecule has 8 heteroatoms. The Bertz CT molecular complexity index is 705. The lowest BCUT2D eigenvalue weighted by molar-refractivity contribution is -0.143. The van der Waals surface area contributed by atoms with E-state index in [1.165, 1.54) is 0 Å². The Morgan fingerprint density at radius 2 is 1.36 bits per heavy atom. The summed E-state index contributed by atoms with van der Waals surface area (Å²) in [6.07, 6.45) is -9.66. The van der Waals surface area contributed by atoms with Crippen molar-refractivity contribution in [1.29, 1.82) is 0 Å². The van der Waals surface area contributed by atoms with E-state index in [1.54, 1.807) is 30.3 Å². The van der Waals surface area contributed by atoms with Crippen LogP contribution < -0.4 is 5.32 Å². The monoisotopic (exact) mass is 361 g/mol. The van der Waals surface area contributed by atoms with Crippen molar-refractivity contribution in [2.75, 3.05) is 5.32 Å². The zero-order valence-electron chi connectivity index (χ0n) is 12.7. The molecule has 0 aromatic heterocycles. The Hall–Kier alpha value is -2.51. The Morgan fingerprint density at radius 3 is 1.84 bits per heavy atom. The van der Waals surface area contributed by atoms with Crippen molar-refractivity contribution in [2.24, 2.45) is 0 Å². The third-order valence-corrected chi connectivity index (χ3v) is 3.35. The summed E-state index contributed by atoms with van der Waals surface area (Å²) in [7, 11) is 0. The largest absolute Gasteiger partial charge is 0.416 e. The Balaban J connectivity index is 2.16. The number of amides is 1. The average molecular weight is 361 g/mol. The summed E-state index contributed by atoms with van der Waals surface area (Å²) >= 11 is 0. The van der Waals surface area contributed by atoms with Gasteiger partial charge < -0.3 is 5.32 Å². The summed E-state index contributed by atoms with van der Waals surface area (Å²) in [4.78, 5) is 11.8. The molecule has 0 spiro atoms. The molecule has 25 heavy (non-hydrogen) atoms. The van der Waals surface area contributed by atoms with Gasteiger partial charge in [0.1, 0.15) is 0 Å². The van der Waals surface area contributed by atoms with Crippen LogP contribution >= 0.6 is 0 Å². The average Bonchev–Trinajstić information content (AvgIpc) is 2.52. The molecule has 0 aliphatic carbocycles. The van der Waals surface area contributed by atoms with Crippen LogP contribution in [0.15, 0.2) is 48.5 Å². The molecule has 134 valence electrons. The molecule has 0 saturated heterocycles. The quantitative estimate of drug-likeness (QED) is 0.736. The van der Waals surface area contributed by atoms with Gasteiger partial charge >= 0.3 is 12.4 Å². The minimum absolute atomic E-state index is 0.0135. The van der Waals surface area contributed by atoms with Crippen molar-refractivity contribution >= 4 is 11.6 Å². The van der Waals surface area contributed by atoms with E-state index in [4.69, 9.17) is 0 Å². The normalized spacial score (nSPS) is 12.1. The molecule has 2 aromatic rings. The molecular weight excluding hydrogens is 348 g/mol. The lowest BCUT2D eigenvalue weighted by Gasteiger charge is -2.14. The first-order valence-electron chi connectivity index (χ1n) is 7.19. The molecule has 0 radical (unpaired) electrons. The van der Waals surface area contributed by atoms with Crippen LogP contribution in [0.5, 0.6) is 0 Å². The summed E-state index contributed by atoms with van der Waals surface area (Å²) < 4.78 is 76.6. The Kier molecular flexibility index (Phi) is 5.39. The first-order chi connectivity index (χ1) is 11.6. The number of hydrogen-bond acceptors (Lipinski definition) is 1. The van der Waals surface area contributed by atoms with Crippen LogP contribution in [0.4, 0.5) is 32.0 Å². The first kappa shape index (κ1) is 18.8. The summed E-state index contributed by atoms with van der Waals surface area (Å²) in [6.45, 7) is 0. The maximum atomic E-state index is 12.8. The van der Waals surface area contributed by atoms with Crippen LogP contribution in [0.1, 0.15) is 23.1 Å². The van der Waals surface area contributed by atoms with Gasteiger partial charge in [0.2, 0.25) is 5.91 Å². The van der Waals surface area contributed by atoms with Crippen LogP contribution in [-0.2, 0) is 23.6 Å². The molecule has 0 atom stereocenters. The number of rotatable bonds is 4. The maximum absolute atomic E-state index is 12.8. The molecule has 1 N–H and O–H groups in total. The molecule has 0 aliphatic heterocycles. The third kappa shape index (κ3) is 5.51. The third-order valence-electron chi connectivity index (χ3n) is 3.35. The van der Waals surface area contributed by atoms with Crippen LogP contribution in [0, 0.1) is 0 Å². The number of carbonyl (C=O) groups is 1. The number of benzene rings is 2. The van der Waals surface area contributed by atoms with E-state index < -0.39 is 35.1 Å². The predicted molar refractivity (Wildman–Crippen MR) is 79.8 cm³/mol. The van der Waals surface area contributed by atoms with E-state index in [2.05, 4.69) is 5.32 Å². The highest BCUT2D eigenvalue weighted by atomic mass is 19.4. The van der Waals surface area contributed by atoms with Gasteiger partial charge in [-0.25, -0.2) is 0 Å². The van der Waals surface area contributed by atoms with Gasteiger partial charge in [0.25, 0.3) is 0 Å². The van der Waals surface area contributed by atoms with E-state index in [0.29, 0.717) is 18.6 Å². The van der Waals surface area contributed by atoms with E-state index >= 15 is 0 Å². The topological polar surface area (TPSA) is 29.1 Å². The fourth-order valence-corrected chi connectivity index (χ4v) is 2.15. The van der Waals surface area contributed by atoms with Crippen LogP contribution in [0.2, 0.25) is 0 Å². The summed E-state index contributed by atoms with van der Waals surface area (Å²) in [5.41, 5.74) is -2.65. The summed E-state index contributed by atoms with van der Waals surface area (Å²) in [5.74, 6) is -0.670. The molecule has 1 amide bonds. The first-order valence-corrected chi connectivity index (χ1v) is 7.19. The fraction of sp³-hybridized carbons (Fsp3) is 0.235. The van der Waals surface area contributed by atoms with Gasteiger partial charge in [-0.05, 0) is 30.2 Å². The number of aryl methyl sites for hydroxylation is 1. The highest BCUT2D eigenvalue weighted by molar-refractivity contribution is 5.91. The molecule has 2 aromatic carbocycles. The molecule has 0 fully saturated rings. The molecule has 0 heterocycles. The lowest BCUT2D eigenvalue weighted by Crippen LogP contribution is -2.16. The Morgan fingerprint density at radius 1 is 0.840 bits per heavy atom. The minimum atomic E-state index is -4.95. The van der Waals surface area contributed by atoms with Gasteiger partial charge in [-0.1, -0.05) is 30.3 Å². The zero-order chi connectivity index (χ0) is 18.7. The number of hydrogen-bond donors (Lipinski definition) is 1. The highest BCUT2D eigenvalue weighted by Crippen LogP contribution is 2.37. The summed E-state index contributed by atoms with van der Waals surface area (Å²) in [6, 6.07) is 9.81. The lowest BCUT2D eigenvalue weighted by atomic mass is 10.1. The van der Waals surface area contributed by atoms with E-state index in [1.807, 2.05) is 0 Å². The number of carbonyl (C=O) groups excluding carboxylic acids is 1. The second-order valence-corrected chi connectivity index (χ2v) is 5.33. The number of nitrogens with one attached hydrogen (secondary N) is 1.